The molecule has 1 aliphatic heterocycles. The van der Waals surface area contributed by atoms with Crippen LogP contribution < -0.4 is 5.32 Å². The van der Waals surface area contributed by atoms with Crippen molar-refractivity contribution in [1.82, 2.24) is 15.2 Å². The number of nitrogens with one attached hydrogen (secondary N) is 1. The van der Waals surface area contributed by atoms with Gasteiger partial charge in [-0.1, -0.05) is 30.3 Å². The van der Waals surface area contributed by atoms with E-state index in [0.29, 0.717) is 13.1 Å². The maximum atomic E-state index is 9.70. The number of rotatable bonds is 4. The molecule has 1 saturated heterocycles. The highest BCUT2D eigenvalue weighted by Gasteiger charge is 2.22. The van der Waals surface area contributed by atoms with Crippen LogP contribution in [0.15, 0.2) is 40.7 Å². The van der Waals surface area contributed by atoms with Crippen LogP contribution in [0.5, 0.6) is 0 Å². The molecular formula is C17H23IN4OS. The summed E-state index contributed by atoms with van der Waals surface area (Å²) in [6.45, 7) is 4.93. The molecule has 0 spiro atoms. The first-order valence-electron chi connectivity index (χ1n) is 7.97. The van der Waals surface area contributed by atoms with Crippen molar-refractivity contribution in [2.45, 2.75) is 26.0 Å². The zero-order valence-corrected chi connectivity index (χ0v) is 16.8. The van der Waals surface area contributed by atoms with Gasteiger partial charge in [-0.15, -0.1) is 35.3 Å². The Morgan fingerprint density at radius 1 is 1.42 bits per heavy atom. The number of aliphatic imine (C=N–C) groups is 1. The fourth-order valence-corrected chi connectivity index (χ4v) is 3.35. The molecule has 3 rings (SSSR count). The number of nitrogens with zero attached hydrogens (tertiary/aromatic N) is 3. The number of hydrogen-bond donors (Lipinski definition) is 2. The van der Waals surface area contributed by atoms with Crippen molar-refractivity contribution in [3.05, 3.63) is 40.7 Å². The molecule has 1 aliphatic rings. The Kier molecular flexibility index (Phi) is 7.44. The molecule has 2 heterocycles. The molecule has 24 heavy (non-hydrogen) atoms. The van der Waals surface area contributed by atoms with Crippen LogP contribution in [-0.4, -0.2) is 46.7 Å². The first kappa shape index (κ1) is 19.1. The maximum absolute atomic E-state index is 9.70. The Morgan fingerprint density at radius 3 is 2.88 bits per heavy atom. The molecule has 0 bridgehead atoms. The first-order valence-corrected chi connectivity index (χ1v) is 8.85. The molecule has 130 valence electrons. The molecule has 0 aliphatic carbocycles. The highest BCUT2D eigenvalue weighted by Crippen LogP contribution is 2.22. The highest BCUT2D eigenvalue weighted by molar-refractivity contribution is 14.0. The number of likely N-dealkylation sites (tertiary alicyclic amines) is 1. The van der Waals surface area contributed by atoms with Gasteiger partial charge >= 0.3 is 0 Å². The lowest BCUT2D eigenvalue weighted by Crippen LogP contribution is -2.40. The summed E-state index contributed by atoms with van der Waals surface area (Å²) < 4.78 is 0. The number of aliphatic hydroxyl groups excluding tert-OH is 1. The summed E-state index contributed by atoms with van der Waals surface area (Å²) in [5.74, 6) is 0.862. The second-order valence-corrected chi connectivity index (χ2v) is 6.49. The number of hydrogen-bond acceptors (Lipinski definition) is 4. The second kappa shape index (κ2) is 9.33. The number of guanidine groups is 1. The quantitative estimate of drug-likeness (QED) is 0.420. The van der Waals surface area contributed by atoms with Crippen LogP contribution in [0, 0.1) is 0 Å². The van der Waals surface area contributed by atoms with E-state index >= 15 is 0 Å². The average Bonchev–Trinajstić information content (AvgIpc) is 3.21. The lowest BCUT2D eigenvalue weighted by Gasteiger charge is -2.20. The standard InChI is InChI=1S/C17H22N4OS.HI/c1-2-18-17(21-9-8-14(22)11-21)19-10-16-20-15(12-23-16)13-6-4-3-5-7-13;/h3-7,12,14,22H,2,8-11H2,1H3,(H,18,19);1H/t14-;/m1./s1. The van der Waals surface area contributed by atoms with Crippen molar-refractivity contribution >= 4 is 41.3 Å². The van der Waals surface area contributed by atoms with E-state index in [1.54, 1.807) is 11.3 Å². The molecule has 0 amide bonds. The topological polar surface area (TPSA) is 60.8 Å². The van der Waals surface area contributed by atoms with Crippen molar-refractivity contribution < 1.29 is 5.11 Å². The molecular weight excluding hydrogens is 435 g/mol. The van der Waals surface area contributed by atoms with E-state index in [9.17, 15) is 5.11 Å². The lowest BCUT2D eigenvalue weighted by molar-refractivity contribution is 0.188. The molecule has 1 fully saturated rings. The predicted octanol–water partition coefficient (Wildman–Crippen LogP) is 2.96. The second-order valence-electron chi connectivity index (χ2n) is 5.55. The minimum absolute atomic E-state index is 0. The highest BCUT2D eigenvalue weighted by atomic mass is 127. The van der Waals surface area contributed by atoms with Gasteiger partial charge in [0, 0.05) is 30.6 Å². The van der Waals surface area contributed by atoms with Gasteiger partial charge in [0.05, 0.1) is 18.3 Å². The molecule has 2 aromatic rings. The van der Waals surface area contributed by atoms with Crippen molar-refractivity contribution in [2.24, 2.45) is 4.99 Å². The summed E-state index contributed by atoms with van der Waals surface area (Å²) in [7, 11) is 0. The molecule has 7 heteroatoms. The summed E-state index contributed by atoms with van der Waals surface area (Å²) in [5, 5.41) is 16.1. The van der Waals surface area contributed by atoms with Gasteiger partial charge in [-0.05, 0) is 13.3 Å². The molecule has 0 unspecified atom stereocenters. The predicted molar refractivity (Wildman–Crippen MR) is 110 cm³/mol. The summed E-state index contributed by atoms with van der Waals surface area (Å²) in [4.78, 5) is 11.5. The van der Waals surface area contributed by atoms with E-state index in [1.807, 2.05) is 18.2 Å². The normalized spacial score (nSPS) is 17.7. The smallest absolute Gasteiger partial charge is 0.194 e. The average molecular weight is 458 g/mol. The minimum atomic E-state index is -0.247. The van der Waals surface area contributed by atoms with Crippen LogP contribution in [0.25, 0.3) is 11.3 Å². The van der Waals surface area contributed by atoms with E-state index in [2.05, 4.69) is 44.6 Å². The molecule has 1 atom stereocenters. The van der Waals surface area contributed by atoms with Crippen molar-refractivity contribution in [3.63, 3.8) is 0 Å². The third kappa shape index (κ3) is 4.90. The van der Waals surface area contributed by atoms with Crippen LogP contribution in [0.2, 0.25) is 0 Å². The summed E-state index contributed by atoms with van der Waals surface area (Å²) in [5.41, 5.74) is 2.14. The van der Waals surface area contributed by atoms with Crippen molar-refractivity contribution in [2.75, 3.05) is 19.6 Å². The van der Waals surface area contributed by atoms with Gasteiger partial charge in [-0.3, -0.25) is 0 Å². The minimum Gasteiger partial charge on any atom is -0.391 e. The van der Waals surface area contributed by atoms with Crippen LogP contribution >= 0.6 is 35.3 Å². The van der Waals surface area contributed by atoms with Gasteiger partial charge in [0.25, 0.3) is 0 Å². The molecule has 1 aromatic carbocycles. The fourth-order valence-electron chi connectivity index (χ4n) is 2.63. The Hall–Kier alpha value is -1.19. The number of thiazole rings is 1. The Balaban J connectivity index is 0.00000208. The number of β-amino-alcohol motifs (C(OH)–C–C–N with tert-alkyl or cyclic N) is 1. The Morgan fingerprint density at radius 2 is 2.21 bits per heavy atom. The SMILES string of the molecule is CCNC(=NCc1nc(-c2ccccc2)cs1)N1CC[C@@H](O)C1.I. The molecule has 2 N–H and O–H groups in total. The van der Waals surface area contributed by atoms with Gasteiger partial charge < -0.3 is 15.3 Å². The largest absolute Gasteiger partial charge is 0.391 e. The van der Waals surface area contributed by atoms with Crippen LogP contribution in [0.3, 0.4) is 0 Å². The zero-order chi connectivity index (χ0) is 16.1. The van der Waals surface area contributed by atoms with Crippen molar-refractivity contribution in [3.8, 4) is 11.3 Å². The van der Waals surface area contributed by atoms with Gasteiger partial charge in [0.1, 0.15) is 5.01 Å². The van der Waals surface area contributed by atoms with E-state index in [4.69, 9.17) is 0 Å². The number of aliphatic hydroxyl groups is 1. The van der Waals surface area contributed by atoms with Crippen molar-refractivity contribution in [1.29, 1.82) is 0 Å². The van der Waals surface area contributed by atoms with Gasteiger partial charge in [-0.25, -0.2) is 9.98 Å². The third-order valence-corrected chi connectivity index (χ3v) is 4.62. The van der Waals surface area contributed by atoms with Gasteiger partial charge in [-0.2, -0.15) is 0 Å². The number of halogens is 1. The summed E-state index contributed by atoms with van der Waals surface area (Å²) in [6, 6.07) is 10.2. The molecule has 0 saturated carbocycles. The summed E-state index contributed by atoms with van der Waals surface area (Å²) >= 11 is 1.63. The third-order valence-electron chi connectivity index (χ3n) is 3.78. The first-order chi connectivity index (χ1) is 11.3. The van der Waals surface area contributed by atoms with E-state index in [1.165, 1.54) is 0 Å². The fraction of sp³-hybridized carbons (Fsp3) is 0.412. The number of benzene rings is 1. The monoisotopic (exact) mass is 458 g/mol. The molecule has 0 radical (unpaired) electrons. The number of aromatic nitrogens is 1. The van der Waals surface area contributed by atoms with Crippen LogP contribution in [0.4, 0.5) is 0 Å². The van der Waals surface area contributed by atoms with Gasteiger partial charge in [0.15, 0.2) is 5.96 Å². The van der Waals surface area contributed by atoms with E-state index in [0.717, 1.165) is 41.7 Å². The Labute approximate surface area is 163 Å². The zero-order valence-electron chi connectivity index (χ0n) is 13.7. The molecule has 1 aromatic heterocycles. The van der Waals surface area contributed by atoms with E-state index < -0.39 is 0 Å². The maximum Gasteiger partial charge on any atom is 0.194 e. The van der Waals surface area contributed by atoms with Gasteiger partial charge in [0.2, 0.25) is 0 Å². The van der Waals surface area contributed by atoms with Crippen LogP contribution in [-0.2, 0) is 6.54 Å². The lowest BCUT2D eigenvalue weighted by atomic mass is 10.2. The molecule has 5 nitrogen and oxygen atoms in total. The summed E-state index contributed by atoms with van der Waals surface area (Å²) in [6.07, 6.45) is 0.559. The Bertz CT molecular complexity index is 662. The van der Waals surface area contributed by atoms with E-state index in [-0.39, 0.29) is 30.1 Å². The van der Waals surface area contributed by atoms with Crippen LogP contribution in [0.1, 0.15) is 18.4 Å².